The molecular weight excluding hydrogens is 388 g/mol. The van der Waals surface area contributed by atoms with Crippen LogP contribution in [0.3, 0.4) is 0 Å². The van der Waals surface area contributed by atoms with E-state index in [9.17, 15) is 14.4 Å². The molecule has 0 bridgehead atoms. The van der Waals surface area contributed by atoms with Crippen LogP contribution in [0, 0.1) is 0 Å². The number of carbonyl (C=O) groups is 2. The van der Waals surface area contributed by atoms with Gasteiger partial charge in [0.15, 0.2) is 11.2 Å². The molecule has 0 radical (unpaired) electrons. The lowest BCUT2D eigenvalue weighted by molar-refractivity contribution is -0.142. The van der Waals surface area contributed by atoms with Gasteiger partial charge in [0.1, 0.15) is 5.76 Å². The van der Waals surface area contributed by atoms with E-state index in [1.807, 2.05) is 0 Å². The molecule has 1 fully saturated rings. The molecule has 1 aliphatic heterocycles. The predicted octanol–water partition coefficient (Wildman–Crippen LogP) is 1.27. The first-order valence-electron chi connectivity index (χ1n) is 9.23. The highest BCUT2D eigenvalue weighted by atomic mass is 16.5. The molecule has 3 N–H and O–H groups in total. The standard InChI is InChI=1S/C20H18N6O4/c1-11-15(6-7-16(27)30-11)26-19(28)12-2-4-13(5-3-12)21-8-14-9-22-18-17(25-14)20(29)24-10-23-18/h2-5,9-10,15,21H,1,6-8H2,(H,26,28)(H,22,23,24,29). The van der Waals surface area contributed by atoms with E-state index in [0.29, 0.717) is 24.2 Å². The zero-order chi connectivity index (χ0) is 21.1. The van der Waals surface area contributed by atoms with Gasteiger partial charge in [-0.2, -0.15) is 0 Å². The van der Waals surface area contributed by atoms with Crippen molar-refractivity contribution >= 4 is 28.7 Å². The highest BCUT2D eigenvalue weighted by molar-refractivity contribution is 5.95. The normalized spacial score (nSPS) is 16.2. The third-order valence-electron chi connectivity index (χ3n) is 4.60. The largest absolute Gasteiger partial charge is 0.429 e. The highest BCUT2D eigenvalue weighted by Crippen LogP contribution is 2.18. The molecule has 0 aliphatic carbocycles. The van der Waals surface area contributed by atoms with Gasteiger partial charge < -0.3 is 20.4 Å². The topological polar surface area (TPSA) is 139 Å². The Morgan fingerprint density at radius 3 is 2.80 bits per heavy atom. The van der Waals surface area contributed by atoms with Gasteiger partial charge in [0.2, 0.25) is 0 Å². The third-order valence-corrected chi connectivity index (χ3v) is 4.60. The van der Waals surface area contributed by atoms with Crippen LogP contribution in [0.15, 0.2) is 53.9 Å². The number of hydrogen-bond donors (Lipinski definition) is 3. The maximum absolute atomic E-state index is 12.4. The molecule has 1 unspecified atom stereocenters. The number of esters is 1. The first kappa shape index (κ1) is 19.2. The number of carbonyl (C=O) groups excluding carboxylic acids is 2. The molecule has 4 rings (SSSR count). The summed E-state index contributed by atoms with van der Waals surface area (Å²) in [6.07, 6.45) is 3.54. The van der Waals surface area contributed by atoms with Crippen molar-refractivity contribution in [3.8, 4) is 0 Å². The van der Waals surface area contributed by atoms with Crippen LogP contribution in [0.25, 0.3) is 11.2 Å². The number of rotatable bonds is 5. The minimum absolute atomic E-state index is 0.179. The number of benzene rings is 1. The SMILES string of the molecule is C=C1OC(=O)CCC1NC(=O)c1ccc(NCc2cnc3nc[nH]c(=O)c3n2)cc1. The number of nitrogens with one attached hydrogen (secondary N) is 3. The summed E-state index contributed by atoms with van der Waals surface area (Å²) in [5.74, 6) is -0.362. The molecule has 10 heteroatoms. The molecule has 3 heterocycles. The van der Waals surface area contributed by atoms with Crippen LogP contribution in [-0.2, 0) is 16.1 Å². The van der Waals surface area contributed by atoms with Crippen molar-refractivity contribution in [1.29, 1.82) is 0 Å². The summed E-state index contributed by atoms with van der Waals surface area (Å²) in [7, 11) is 0. The maximum atomic E-state index is 12.4. The fourth-order valence-electron chi connectivity index (χ4n) is 2.99. The second-order valence-corrected chi connectivity index (χ2v) is 6.70. The quantitative estimate of drug-likeness (QED) is 0.539. The maximum Gasteiger partial charge on any atom is 0.311 e. The van der Waals surface area contributed by atoms with Crippen LogP contribution in [0.1, 0.15) is 28.9 Å². The summed E-state index contributed by atoms with van der Waals surface area (Å²) in [6, 6.07) is 6.48. The number of aromatic nitrogens is 4. The Labute approximate surface area is 170 Å². The van der Waals surface area contributed by atoms with Crippen LogP contribution in [0.2, 0.25) is 0 Å². The number of nitrogens with zero attached hydrogens (tertiary/aromatic N) is 3. The molecule has 0 spiro atoms. The Morgan fingerprint density at radius 2 is 2.03 bits per heavy atom. The van der Waals surface area contributed by atoms with Gasteiger partial charge in [-0.15, -0.1) is 0 Å². The van der Waals surface area contributed by atoms with Gasteiger partial charge in [0.25, 0.3) is 11.5 Å². The minimum Gasteiger partial charge on any atom is -0.429 e. The van der Waals surface area contributed by atoms with Crippen LogP contribution < -0.4 is 16.2 Å². The van der Waals surface area contributed by atoms with Gasteiger partial charge >= 0.3 is 5.97 Å². The number of fused-ring (bicyclic) bond motifs is 1. The molecule has 1 aromatic carbocycles. The molecule has 1 atom stereocenters. The van der Waals surface area contributed by atoms with Crippen LogP contribution >= 0.6 is 0 Å². The van der Waals surface area contributed by atoms with Gasteiger partial charge in [0, 0.05) is 17.7 Å². The summed E-state index contributed by atoms with van der Waals surface area (Å²) >= 11 is 0. The van der Waals surface area contributed by atoms with E-state index in [0.717, 1.165) is 5.69 Å². The van der Waals surface area contributed by atoms with Crippen molar-refractivity contribution in [3.05, 3.63) is 70.7 Å². The fourth-order valence-corrected chi connectivity index (χ4v) is 2.99. The zero-order valence-corrected chi connectivity index (χ0v) is 15.8. The molecule has 10 nitrogen and oxygen atoms in total. The van der Waals surface area contributed by atoms with E-state index < -0.39 is 6.04 Å². The van der Waals surface area contributed by atoms with Crippen LogP contribution in [-0.4, -0.2) is 37.9 Å². The van der Waals surface area contributed by atoms with Crippen molar-refractivity contribution in [2.45, 2.75) is 25.4 Å². The lowest BCUT2D eigenvalue weighted by Gasteiger charge is -2.24. The Morgan fingerprint density at radius 1 is 1.23 bits per heavy atom. The van der Waals surface area contributed by atoms with E-state index in [1.165, 1.54) is 6.33 Å². The third kappa shape index (κ3) is 4.17. The number of hydrogen-bond acceptors (Lipinski definition) is 8. The fraction of sp³-hybridized carbons (Fsp3) is 0.200. The lowest BCUT2D eigenvalue weighted by atomic mass is 10.1. The van der Waals surface area contributed by atoms with Crippen molar-refractivity contribution < 1.29 is 14.3 Å². The van der Waals surface area contributed by atoms with Crippen molar-refractivity contribution in [2.75, 3.05) is 5.32 Å². The smallest absolute Gasteiger partial charge is 0.311 e. The van der Waals surface area contributed by atoms with Gasteiger partial charge in [-0.1, -0.05) is 6.58 Å². The predicted molar refractivity (Wildman–Crippen MR) is 107 cm³/mol. The lowest BCUT2D eigenvalue weighted by Crippen LogP contribution is -2.40. The summed E-state index contributed by atoms with van der Waals surface area (Å²) < 4.78 is 4.97. The van der Waals surface area contributed by atoms with E-state index in [-0.39, 0.29) is 40.8 Å². The number of aromatic amines is 1. The average molecular weight is 406 g/mol. The number of cyclic esters (lactones) is 1. The molecule has 152 valence electrons. The average Bonchev–Trinajstić information content (AvgIpc) is 2.75. The van der Waals surface area contributed by atoms with Crippen LogP contribution in [0.4, 0.5) is 5.69 Å². The Balaban J connectivity index is 1.37. The summed E-state index contributed by atoms with van der Waals surface area (Å²) in [5, 5.41) is 5.98. The van der Waals surface area contributed by atoms with Gasteiger partial charge in [-0.3, -0.25) is 14.4 Å². The Bertz CT molecular complexity index is 1190. The van der Waals surface area contributed by atoms with E-state index in [4.69, 9.17) is 4.74 Å². The molecule has 3 aromatic rings. The van der Waals surface area contributed by atoms with Gasteiger partial charge in [-0.25, -0.2) is 15.0 Å². The number of H-pyrrole nitrogens is 1. The zero-order valence-electron chi connectivity index (χ0n) is 15.8. The molecule has 1 aliphatic rings. The summed E-state index contributed by atoms with van der Waals surface area (Å²) in [4.78, 5) is 50.3. The number of anilines is 1. The molecule has 2 aromatic heterocycles. The van der Waals surface area contributed by atoms with Gasteiger partial charge in [-0.05, 0) is 30.7 Å². The molecular formula is C20H18N6O4. The number of ether oxygens (including phenoxy) is 1. The van der Waals surface area contributed by atoms with E-state index in [2.05, 4.69) is 37.1 Å². The first-order valence-corrected chi connectivity index (χ1v) is 9.23. The van der Waals surface area contributed by atoms with Crippen molar-refractivity contribution in [1.82, 2.24) is 25.3 Å². The summed E-state index contributed by atoms with van der Waals surface area (Å²) in [5.41, 5.74) is 1.93. The highest BCUT2D eigenvalue weighted by Gasteiger charge is 2.25. The first-order chi connectivity index (χ1) is 14.5. The second-order valence-electron chi connectivity index (χ2n) is 6.70. The van der Waals surface area contributed by atoms with Crippen molar-refractivity contribution in [2.24, 2.45) is 0 Å². The second kappa shape index (κ2) is 8.11. The van der Waals surface area contributed by atoms with E-state index >= 15 is 0 Å². The van der Waals surface area contributed by atoms with Crippen molar-refractivity contribution in [3.63, 3.8) is 0 Å². The molecule has 1 amide bonds. The monoisotopic (exact) mass is 406 g/mol. The Hall–Kier alpha value is -4.08. The summed E-state index contributed by atoms with van der Waals surface area (Å²) in [6.45, 7) is 4.02. The Kier molecular flexibility index (Phi) is 5.21. The van der Waals surface area contributed by atoms with Gasteiger partial charge in [0.05, 0.1) is 30.8 Å². The molecule has 1 saturated heterocycles. The molecule has 0 saturated carbocycles. The molecule has 30 heavy (non-hydrogen) atoms. The minimum atomic E-state index is -0.392. The number of amides is 1. The van der Waals surface area contributed by atoms with E-state index in [1.54, 1.807) is 30.5 Å². The van der Waals surface area contributed by atoms with Crippen LogP contribution in [0.5, 0.6) is 0 Å².